The van der Waals surface area contributed by atoms with Crippen LogP contribution in [0.5, 0.6) is 0 Å². The normalized spacial score (nSPS) is 26.3. The lowest BCUT2D eigenvalue weighted by molar-refractivity contribution is -0.148. The number of fused-ring (bicyclic) bond motifs is 1. The zero-order chi connectivity index (χ0) is 16.1. The molecule has 2 aliphatic rings. The Labute approximate surface area is 140 Å². The number of benzene rings is 1. The average molecular weight is 315 g/mol. The molecule has 126 valence electrons. The zero-order valence-electron chi connectivity index (χ0n) is 14.2. The van der Waals surface area contributed by atoms with Gasteiger partial charge in [0.15, 0.2) is 0 Å². The summed E-state index contributed by atoms with van der Waals surface area (Å²) in [5.41, 5.74) is 1.07. The van der Waals surface area contributed by atoms with Gasteiger partial charge in [0, 0.05) is 12.0 Å². The average Bonchev–Trinajstić information content (AvgIpc) is 2.61. The van der Waals surface area contributed by atoms with Gasteiger partial charge in [0.05, 0.1) is 12.5 Å². The van der Waals surface area contributed by atoms with Crippen molar-refractivity contribution in [1.82, 2.24) is 4.90 Å². The smallest absolute Gasteiger partial charge is 0.313 e. The number of piperidine rings is 2. The minimum absolute atomic E-state index is 0.0494. The molecule has 1 aromatic rings. The van der Waals surface area contributed by atoms with Crippen molar-refractivity contribution in [2.45, 2.75) is 57.4 Å². The van der Waals surface area contributed by atoms with Crippen molar-refractivity contribution in [3.8, 4) is 0 Å². The van der Waals surface area contributed by atoms with E-state index >= 15 is 0 Å². The van der Waals surface area contributed by atoms with Gasteiger partial charge < -0.3 is 4.74 Å². The number of carbonyl (C=O) groups is 1. The van der Waals surface area contributed by atoms with E-state index in [2.05, 4.69) is 11.8 Å². The highest BCUT2D eigenvalue weighted by atomic mass is 16.5. The van der Waals surface area contributed by atoms with Gasteiger partial charge in [0.2, 0.25) is 0 Å². The second kappa shape index (κ2) is 7.96. The summed E-state index contributed by atoms with van der Waals surface area (Å²) >= 11 is 0. The summed E-state index contributed by atoms with van der Waals surface area (Å²) in [4.78, 5) is 15.2. The van der Waals surface area contributed by atoms with E-state index in [0.717, 1.165) is 12.0 Å². The molecule has 0 unspecified atom stereocenters. The highest BCUT2D eigenvalue weighted by molar-refractivity contribution is 5.78. The van der Waals surface area contributed by atoms with Crippen LogP contribution in [-0.2, 0) is 9.53 Å². The Balaban J connectivity index is 1.57. The second-order valence-electron chi connectivity index (χ2n) is 7.00. The van der Waals surface area contributed by atoms with E-state index in [1.165, 1.54) is 45.2 Å². The molecule has 2 heterocycles. The third-order valence-corrected chi connectivity index (χ3v) is 5.56. The number of carbonyl (C=O) groups excluding carboxylic acids is 1. The molecule has 0 spiro atoms. The van der Waals surface area contributed by atoms with Gasteiger partial charge in [-0.05, 0) is 50.8 Å². The largest absolute Gasteiger partial charge is 0.465 e. The second-order valence-corrected chi connectivity index (χ2v) is 7.00. The van der Waals surface area contributed by atoms with Crippen LogP contribution >= 0.6 is 0 Å². The molecule has 3 rings (SSSR count). The highest BCUT2D eigenvalue weighted by Crippen LogP contribution is 2.31. The molecule has 2 aliphatic heterocycles. The molecule has 3 atom stereocenters. The number of nitrogens with zero attached hydrogens (tertiary/aromatic N) is 1. The minimum atomic E-state index is -0.123. The van der Waals surface area contributed by atoms with Crippen LogP contribution < -0.4 is 0 Å². The van der Waals surface area contributed by atoms with Gasteiger partial charge in [-0.15, -0.1) is 0 Å². The molecule has 2 fully saturated rings. The molecule has 0 aliphatic carbocycles. The van der Waals surface area contributed by atoms with Crippen molar-refractivity contribution in [3.05, 3.63) is 35.9 Å². The van der Waals surface area contributed by atoms with Gasteiger partial charge in [-0.25, -0.2) is 0 Å². The van der Waals surface area contributed by atoms with Gasteiger partial charge in [0.1, 0.15) is 0 Å². The first-order valence-corrected chi connectivity index (χ1v) is 9.25. The molecular weight excluding hydrogens is 286 g/mol. The molecular formula is C20H29NO2. The van der Waals surface area contributed by atoms with Crippen molar-refractivity contribution in [2.24, 2.45) is 5.92 Å². The van der Waals surface area contributed by atoms with Crippen LogP contribution in [0.3, 0.4) is 0 Å². The maximum absolute atomic E-state index is 12.5. The summed E-state index contributed by atoms with van der Waals surface area (Å²) in [5, 5.41) is 0. The monoisotopic (exact) mass is 315 g/mol. The summed E-state index contributed by atoms with van der Waals surface area (Å²) in [6.07, 6.45) is 7.18. The molecule has 0 amide bonds. The zero-order valence-corrected chi connectivity index (χ0v) is 14.2. The predicted octanol–water partition coefficient (Wildman–Crippen LogP) is 3.99. The van der Waals surface area contributed by atoms with Crippen molar-refractivity contribution in [2.75, 3.05) is 19.7 Å². The Morgan fingerprint density at radius 3 is 2.74 bits per heavy atom. The molecule has 0 saturated carbocycles. The predicted molar refractivity (Wildman–Crippen MR) is 92.4 cm³/mol. The quantitative estimate of drug-likeness (QED) is 0.770. The summed E-state index contributed by atoms with van der Waals surface area (Å²) < 4.78 is 5.77. The van der Waals surface area contributed by atoms with Crippen LogP contribution in [0.15, 0.2) is 30.3 Å². The third kappa shape index (κ3) is 3.95. The topological polar surface area (TPSA) is 29.5 Å². The Hall–Kier alpha value is -1.35. The highest BCUT2D eigenvalue weighted by Gasteiger charge is 2.34. The van der Waals surface area contributed by atoms with Crippen LogP contribution in [0.2, 0.25) is 0 Å². The first-order chi connectivity index (χ1) is 11.3. The summed E-state index contributed by atoms with van der Waals surface area (Å²) in [6, 6.07) is 10.7. The van der Waals surface area contributed by atoms with E-state index in [-0.39, 0.29) is 11.9 Å². The van der Waals surface area contributed by atoms with Gasteiger partial charge in [-0.2, -0.15) is 0 Å². The molecule has 3 nitrogen and oxygen atoms in total. The van der Waals surface area contributed by atoms with E-state index in [9.17, 15) is 4.79 Å². The fourth-order valence-corrected chi connectivity index (χ4v) is 4.29. The standard InChI is InChI=1S/C20H29NO2/c1-2-18(16-9-4-3-5-10-16)20(22)23-15-17-11-8-14-21-13-7-6-12-19(17)21/h3-5,9-10,17-19H,2,6-8,11-15H2,1H3/t17-,18+,19+/m0/s1. The summed E-state index contributed by atoms with van der Waals surface area (Å²) in [6.45, 7) is 5.12. The Kier molecular flexibility index (Phi) is 5.71. The summed E-state index contributed by atoms with van der Waals surface area (Å²) in [7, 11) is 0. The third-order valence-electron chi connectivity index (χ3n) is 5.56. The number of hydrogen-bond acceptors (Lipinski definition) is 3. The van der Waals surface area contributed by atoms with E-state index < -0.39 is 0 Å². The number of esters is 1. The fourth-order valence-electron chi connectivity index (χ4n) is 4.29. The lowest BCUT2D eigenvalue weighted by atomic mass is 9.84. The van der Waals surface area contributed by atoms with E-state index in [4.69, 9.17) is 4.74 Å². The first kappa shape index (κ1) is 16.5. The van der Waals surface area contributed by atoms with E-state index in [1.54, 1.807) is 0 Å². The molecule has 0 N–H and O–H groups in total. The van der Waals surface area contributed by atoms with Crippen LogP contribution in [-0.4, -0.2) is 36.6 Å². The van der Waals surface area contributed by atoms with E-state index in [1.807, 2.05) is 30.3 Å². The number of rotatable bonds is 5. The fraction of sp³-hybridized carbons (Fsp3) is 0.650. The maximum atomic E-state index is 12.5. The SMILES string of the molecule is CC[C@@H](C(=O)OC[C@@H]1CCCN2CCCC[C@H]12)c1ccccc1. The Morgan fingerprint density at radius 1 is 1.17 bits per heavy atom. The van der Waals surface area contributed by atoms with Crippen molar-refractivity contribution in [1.29, 1.82) is 0 Å². The Bertz CT molecular complexity index is 500. The van der Waals surface area contributed by atoms with Gasteiger partial charge in [-0.1, -0.05) is 43.7 Å². The van der Waals surface area contributed by atoms with Crippen molar-refractivity contribution >= 4 is 5.97 Å². The van der Waals surface area contributed by atoms with Gasteiger partial charge in [-0.3, -0.25) is 9.69 Å². The number of ether oxygens (including phenoxy) is 1. The van der Waals surface area contributed by atoms with Crippen LogP contribution in [0.25, 0.3) is 0 Å². The molecule has 23 heavy (non-hydrogen) atoms. The minimum Gasteiger partial charge on any atom is -0.465 e. The van der Waals surface area contributed by atoms with Crippen LogP contribution in [0.1, 0.15) is 56.9 Å². The van der Waals surface area contributed by atoms with Crippen molar-refractivity contribution < 1.29 is 9.53 Å². The molecule has 2 saturated heterocycles. The van der Waals surface area contributed by atoms with Crippen LogP contribution in [0.4, 0.5) is 0 Å². The summed E-state index contributed by atoms with van der Waals surface area (Å²) in [5.74, 6) is 0.357. The lowest BCUT2D eigenvalue weighted by Crippen LogP contribution is -2.49. The molecule has 3 heteroatoms. The van der Waals surface area contributed by atoms with Crippen LogP contribution in [0, 0.1) is 5.92 Å². The first-order valence-electron chi connectivity index (χ1n) is 9.25. The van der Waals surface area contributed by atoms with Gasteiger partial charge in [0.25, 0.3) is 0 Å². The van der Waals surface area contributed by atoms with Crippen molar-refractivity contribution in [3.63, 3.8) is 0 Å². The molecule has 1 aromatic carbocycles. The maximum Gasteiger partial charge on any atom is 0.313 e. The Morgan fingerprint density at radius 2 is 1.96 bits per heavy atom. The lowest BCUT2D eigenvalue weighted by Gasteiger charge is -2.44. The van der Waals surface area contributed by atoms with Gasteiger partial charge >= 0.3 is 5.97 Å². The number of hydrogen-bond donors (Lipinski definition) is 0. The molecule has 0 aromatic heterocycles. The molecule has 0 bridgehead atoms. The molecule has 0 radical (unpaired) electrons. The van der Waals surface area contributed by atoms with E-state index in [0.29, 0.717) is 18.6 Å².